The van der Waals surface area contributed by atoms with Crippen molar-refractivity contribution in [2.75, 3.05) is 0 Å². The second kappa shape index (κ2) is 7.48. The van der Waals surface area contributed by atoms with Gasteiger partial charge in [0.05, 0.1) is 0 Å². The molecule has 0 unspecified atom stereocenters. The zero-order valence-electron chi connectivity index (χ0n) is 11.7. The van der Waals surface area contributed by atoms with E-state index in [0.717, 1.165) is 23.3 Å². The molecule has 0 atom stereocenters. The molecule has 0 radical (unpaired) electrons. The number of benzene rings is 2. The van der Waals surface area contributed by atoms with Crippen LogP contribution in [0.25, 0.3) is 0 Å². The normalized spacial score (nSPS) is 10.4. The fourth-order valence-electron chi connectivity index (χ4n) is 1.89. The third-order valence-electron chi connectivity index (χ3n) is 3.09. The van der Waals surface area contributed by atoms with Gasteiger partial charge in [-0.2, -0.15) is 0 Å². The SMILES string of the molecule is CC(=O)CCc1ccc(OCc2cc(Cl)ccc2Cl)cc1. The molecule has 0 fully saturated rings. The molecule has 0 aromatic heterocycles. The topological polar surface area (TPSA) is 26.3 Å². The van der Waals surface area contributed by atoms with Crippen molar-refractivity contribution in [3.63, 3.8) is 0 Å². The first-order chi connectivity index (χ1) is 10.0. The molecular formula is C17H16Cl2O2. The number of ketones is 1. The molecule has 0 aliphatic rings. The number of carbonyl (C=O) groups is 1. The van der Waals surface area contributed by atoms with Crippen LogP contribution in [0.15, 0.2) is 42.5 Å². The van der Waals surface area contributed by atoms with Crippen molar-refractivity contribution in [2.24, 2.45) is 0 Å². The Hall–Kier alpha value is -1.51. The second-order valence-corrected chi connectivity index (χ2v) is 5.71. The van der Waals surface area contributed by atoms with Crippen molar-refractivity contribution in [3.8, 4) is 5.75 Å². The van der Waals surface area contributed by atoms with Crippen molar-refractivity contribution < 1.29 is 9.53 Å². The predicted molar refractivity (Wildman–Crippen MR) is 86.2 cm³/mol. The number of hydrogen-bond acceptors (Lipinski definition) is 2. The van der Waals surface area contributed by atoms with E-state index in [9.17, 15) is 4.79 Å². The smallest absolute Gasteiger partial charge is 0.130 e. The zero-order valence-corrected chi connectivity index (χ0v) is 13.2. The van der Waals surface area contributed by atoms with Gasteiger partial charge in [0.25, 0.3) is 0 Å². The van der Waals surface area contributed by atoms with Crippen molar-refractivity contribution in [1.29, 1.82) is 0 Å². The maximum Gasteiger partial charge on any atom is 0.130 e. The molecule has 0 saturated heterocycles. The lowest BCUT2D eigenvalue weighted by atomic mass is 10.1. The molecule has 0 aliphatic carbocycles. The quantitative estimate of drug-likeness (QED) is 0.740. The molecule has 0 bridgehead atoms. The van der Waals surface area contributed by atoms with E-state index < -0.39 is 0 Å². The highest BCUT2D eigenvalue weighted by atomic mass is 35.5. The average molecular weight is 323 g/mol. The summed E-state index contributed by atoms with van der Waals surface area (Å²) >= 11 is 12.0. The van der Waals surface area contributed by atoms with E-state index in [1.807, 2.05) is 24.3 Å². The van der Waals surface area contributed by atoms with Gasteiger partial charge in [0, 0.05) is 22.0 Å². The lowest BCUT2D eigenvalue weighted by Gasteiger charge is -2.09. The summed E-state index contributed by atoms with van der Waals surface area (Å²) in [5, 5.41) is 1.27. The first-order valence-electron chi connectivity index (χ1n) is 6.69. The standard InChI is InChI=1S/C17H16Cl2O2/c1-12(20)2-3-13-4-7-16(8-5-13)21-11-14-10-15(18)6-9-17(14)19/h4-10H,2-3,11H2,1H3. The second-order valence-electron chi connectivity index (χ2n) is 4.87. The Morgan fingerprint density at radius 1 is 1.10 bits per heavy atom. The van der Waals surface area contributed by atoms with Crippen LogP contribution in [0, 0.1) is 0 Å². The minimum Gasteiger partial charge on any atom is -0.489 e. The van der Waals surface area contributed by atoms with Gasteiger partial charge >= 0.3 is 0 Å². The van der Waals surface area contributed by atoms with Gasteiger partial charge in [0.2, 0.25) is 0 Å². The van der Waals surface area contributed by atoms with Crippen LogP contribution in [0.4, 0.5) is 0 Å². The summed E-state index contributed by atoms with van der Waals surface area (Å²) in [7, 11) is 0. The first-order valence-corrected chi connectivity index (χ1v) is 7.45. The molecule has 0 amide bonds. The Bertz CT molecular complexity index is 621. The molecule has 0 heterocycles. The molecule has 2 aromatic rings. The van der Waals surface area contributed by atoms with Crippen LogP contribution in [0.2, 0.25) is 10.0 Å². The number of ether oxygens (including phenoxy) is 1. The van der Waals surface area contributed by atoms with Crippen molar-refractivity contribution in [2.45, 2.75) is 26.4 Å². The fourth-order valence-corrected chi connectivity index (χ4v) is 2.25. The summed E-state index contributed by atoms with van der Waals surface area (Å²) in [5.74, 6) is 0.962. The van der Waals surface area contributed by atoms with E-state index in [2.05, 4.69) is 0 Å². The third-order valence-corrected chi connectivity index (χ3v) is 3.70. The molecule has 2 nitrogen and oxygen atoms in total. The van der Waals surface area contributed by atoms with Gasteiger partial charge in [-0.05, 0) is 49.2 Å². The number of carbonyl (C=O) groups excluding carboxylic acids is 1. The van der Waals surface area contributed by atoms with Crippen molar-refractivity contribution in [1.82, 2.24) is 0 Å². The monoisotopic (exact) mass is 322 g/mol. The van der Waals surface area contributed by atoms with Crippen LogP contribution < -0.4 is 4.74 Å². The summed E-state index contributed by atoms with van der Waals surface area (Å²) < 4.78 is 5.70. The van der Waals surface area contributed by atoms with E-state index in [0.29, 0.717) is 23.1 Å². The van der Waals surface area contributed by atoms with Crippen LogP contribution in [-0.2, 0) is 17.8 Å². The highest BCUT2D eigenvalue weighted by molar-refractivity contribution is 6.33. The molecule has 2 aromatic carbocycles. The maximum atomic E-state index is 11.0. The van der Waals surface area contributed by atoms with Crippen molar-refractivity contribution in [3.05, 3.63) is 63.6 Å². The molecule has 0 N–H and O–H groups in total. The Morgan fingerprint density at radius 3 is 2.48 bits per heavy atom. The van der Waals surface area contributed by atoms with Gasteiger partial charge in [-0.3, -0.25) is 0 Å². The number of halogens is 2. The minimum atomic E-state index is 0.200. The third kappa shape index (κ3) is 5.07. The maximum absolute atomic E-state index is 11.0. The van der Waals surface area contributed by atoms with Crippen LogP contribution >= 0.6 is 23.2 Å². The summed E-state index contributed by atoms with van der Waals surface area (Å²) in [6.07, 6.45) is 1.33. The van der Waals surface area contributed by atoms with Gasteiger partial charge in [0.15, 0.2) is 0 Å². The van der Waals surface area contributed by atoms with Crippen LogP contribution in [0.3, 0.4) is 0 Å². The summed E-state index contributed by atoms with van der Waals surface area (Å²) in [4.78, 5) is 11.0. The van der Waals surface area contributed by atoms with E-state index in [1.165, 1.54) is 0 Å². The molecular weight excluding hydrogens is 307 g/mol. The van der Waals surface area contributed by atoms with Gasteiger partial charge < -0.3 is 9.53 Å². The Balaban J connectivity index is 1.94. The molecule has 2 rings (SSSR count). The lowest BCUT2D eigenvalue weighted by Crippen LogP contribution is -1.97. The molecule has 110 valence electrons. The lowest BCUT2D eigenvalue weighted by molar-refractivity contribution is -0.116. The zero-order chi connectivity index (χ0) is 15.2. The summed E-state index contributed by atoms with van der Waals surface area (Å²) in [6, 6.07) is 13.0. The van der Waals surface area contributed by atoms with Crippen LogP contribution in [0.5, 0.6) is 5.75 Å². The van der Waals surface area contributed by atoms with E-state index in [-0.39, 0.29) is 5.78 Å². The number of rotatable bonds is 6. The Kier molecular flexibility index (Phi) is 5.66. The largest absolute Gasteiger partial charge is 0.489 e. The Labute approximate surface area is 134 Å². The highest BCUT2D eigenvalue weighted by Gasteiger charge is 2.03. The van der Waals surface area contributed by atoms with Gasteiger partial charge in [0.1, 0.15) is 18.1 Å². The predicted octanol–water partition coefficient (Wildman–Crippen LogP) is 5.09. The Morgan fingerprint density at radius 2 is 1.81 bits per heavy atom. The summed E-state index contributed by atoms with van der Waals surface area (Å²) in [5.41, 5.74) is 1.98. The van der Waals surface area contributed by atoms with Gasteiger partial charge in [-0.15, -0.1) is 0 Å². The van der Waals surface area contributed by atoms with E-state index >= 15 is 0 Å². The summed E-state index contributed by atoms with van der Waals surface area (Å²) in [6.45, 7) is 1.97. The molecule has 0 spiro atoms. The van der Waals surface area contributed by atoms with Gasteiger partial charge in [-0.25, -0.2) is 0 Å². The van der Waals surface area contributed by atoms with E-state index in [1.54, 1.807) is 25.1 Å². The first kappa shape index (κ1) is 15.9. The number of Topliss-reactive ketones (excluding diaryl/α,β-unsaturated/α-hetero) is 1. The average Bonchev–Trinajstić information content (AvgIpc) is 2.47. The van der Waals surface area contributed by atoms with Crippen LogP contribution in [-0.4, -0.2) is 5.78 Å². The molecule has 4 heteroatoms. The highest BCUT2D eigenvalue weighted by Crippen LogP contribution is 2.22. The molecule has 0 saturated carbocycles. The molecule has 0 aliphatic heterocycles. The number of hydrogen-bond donors (Lipinski definition) is 0. The van der Waals surface area contributed by atoms with E-state index in [4.69, 9.17) is 27.9 Å². The number of aryl methyl sites for hydroxylation is 1. The minimum absolute atomic E-state index is 0.200. The van der Waals surface area contributed by atoms with Crippen LogP contribution in [0.1, 0.15) is 24.5 Å². The van der Waals surface area contributed by atoms with Gasteiger partial charge in [-0.1, -0.05) is 35.3 Å². The fraction of sp³-hybridized carbons (Fsp3) is 0.235. The van der Waals surface area contributed by atoms with Crippen molar-refractivity contribution >= 4 is 29.0 Å². The molecule has 21 heavy (non-hydrogen) atoms.